The number of hydrogen-bond donors (Lipinski definition) is 0. The molecular formula is C18H21FN6. The van der Waals surface area contributed by atoms with Crippen LogP contribution < -0.4 is 4.90 Å². The van der Waals surface area contributed by atoms with E-state index in [0.717, 1.165) is 62.0 Å². The van der Waals surface area contributed by atoms with Crippen molar-refractivity contribution in [3.05, 3.63) is 53.6 Å². The van der Waals surface area contributed by atoms with Crippen LogP contribution in [0.5, 0.6) is 0 Å². The molecule has 25 heavy (non-hydrogen) atoms. The first-order valence-electron chi connectivity index (χ1n) is 8.60. The van der Waals surface area contributed by atoms with Gasteiger partial charge >= 0.3 is 0 Å². The molecule has 3 heterocycles. The third-order valence-corrected chi connectivity index (χ3v) is 4.76. The number of nitrogens with zero attached hydrogens (tertiary/aromatic N) is 6. The average molecular weight is 340 g/mol. The fourth-order valence-electron chi connectivity index (χ4n) is 3.24. The highest BCUT2D eigenvalue weighted by atomic mass is 19.1. The van der Waals surface area contributed by atoms with Crippen molar-refractivity contribution < 1.29 is 4.39 Å². The predicted molar refractivity (Wildman–Crippen MR) is 94.3 cm³/mol. The van der Waals surface area contributed by atoms with Crippen LogP contribution in [0, 0.1) is 12.7 Å². The van der Waals surface area contributed by atoms with Crippen LogP contribution in [-0.2, 0) is 6.42 Å². The molecule has 1 aliphatic rings. The quantitative estimate of drug-likeness (QED) is 0.726. The lowest BCUT2D eigenvalue weighted by molar-refractivity contribution is 0.259. The standard InChI is InChI=1S/C18H21FN6/c1-14-20-21-17-6-7-18(22-25(14)17)24-12-10-23(11-13-24)9-8-15-4-2-3-5-16(15)19/h2-7H,8-13H2,1H3. The first kappa shape index (κ1) is 16.0. The molecule has 0 aliphatic carbocycles. The second kappa shape index (κ2) is 6.76. The van der Waals surface area contributed by atoms with Gasteiger partial charge in [-0.3, -0.25) is 4.90 Å². The summed E-state index contributed by atoms with van der Waals surface area (Å²) in [6.07, 6.45) is 0.747. The van der Waals surface area contributed by atoms with Gasteiger partial charge in [-0.25, -0.2) is 4.39 Å². The number of hydrogen-bond acceptors (Lipinski definition) is 5. The molecule has 1 saturated heterocycles. The largest absolute Gasteiger partial charge is 0.353 e. The van der Waals surface area contributed by atoms with Gasteiger partial charge in [0.25, 0.3) is 0 Å². The molecule has 130 valence electrons. The Morgan fingerprint density at radius 3 is 2.60 bits per heavy atom. The molecule has 0 saturated carbocycles. The third kappa shape index (κ3) is 3.32. The van der Waals surface area contributed by atoms with Gasteiger partial charge in [0.2, 0.25) is 0 Å². The maximum atomic E-state index is 13.7. The van der Waals surface area contributed by atoms with Crippen LogP contribution in [-0.4, -0.2) is 57.4 Å². The van der Waals surface area contributed by atoms with Crippen molar-refractivity contribution in [3.8, 4) is 0 Å². The topological polar surface area (TPSA) is 49.6 Å². The number of aryl methyl sites for hydroxylation is 1. The maximum Gasteiger partial charge on any atom is 0.178 e. The number of fused-ring (bicyclic) bond motifs is 1. The Morgan fingerprint density at radius 1 is 1.00 bits per heavy atom. The zero-order valence-electron chi connectivity index (χ0n) is 14.3. The fraction of sp³-hybridized carbons (Fsp3) is 0.389. The zero-order chi connectivity index (χ0) is 17.2. The normalized spacial score (nSPS) is 15.8. The van der Waals surface area contributed by atoms with Gasteiger partial charge in [-0.2, -0.15) is 4.52 Å². The first-order chi connectivity index (χ1) is 12.2. The van der Waals surface area contributed by atoms with Crippen molar-refractivity contribution in [2.45, 2.75) is 13.3 Å². The molecule has 0 radical (unpaired) electrons. The molecular weight excluding hydrogens is 319 g/mol. The predicted octanol–water partition coefficient (Wildman–Crippen LogP) is 1.94. The van der Waals surface area contributed by atoms with Crippen LogP contribution in [0.25, 0.3) is 5.65 Å². The van der Waals surface area contributed by atoms with Crippen molar-refractivity contribution in [2.75, 3.05) is 37.6 Å². The lowest BCUT2D eigenvalue weighted by Crippen LogP contribution is -2.47. The van der Waals surface area contributed by atoms with Crippen molar-refractivity contribution in [3.63, 3.8) is 0 Å². The van der Waals surface area contributed by atoms with E-state index >= 15 is 0 Å². The Labute approximate surface area is 145 Å². The van der Waals surface area contributed by atoms with Crippen molar-refractivity contribution >= 4 is 11.5 Å². The molecule has 0 bridgehead atoms. The fourth-order valence-corrected chi connectivity index (χ4v) is 3.24. The van der Waals surface area contributed by atoms with Gasteiger partial charge in [-0.15, -0.1) is 15.3 Å². The third-order valence-electron chi connectivity index (χ3n) is 4.76. The zero-order valence-corrected chi connectivity index (χ0v) is 14.3. The molecule has 2 aromatic heterocycles. The van der Waals surface area contributed by atoms with Gasteiger partial charge in [-0.05, 0) is 37.1 Å². The van der Waals surface area contributed by atoms with Gasteiger partial charge in [-0.1, -0.05) is 18.2 Å². The Morgan fingerprint density at radius 2 is 1.80 bits per heavy atom. The number of halogens is 1. The second-order valence-electron chi connectivity index (χ2n) is 6.38. The molecule has 0 amide bonds. The summed E-state index contributed by atoms with van der Waals surface area (Å²) in [7, 11) is 0. The van der Waals surface area contributed by atoms with E-state index in [9.17, 15) is 4.39 Å². The number of benzene rings is 1. The van der Waals surface area contributed by atoms with Crippen LogP contribution in [0.15, 0.2) is 36.4 Å². The van der Waals surface area contributed by atoms with E-state index in [1.165, 1.54) is 6.07 Å². The van der Waals surface area contributed by atoms with Gasteiger partial charge in [0.1, 0.15) is 11.6 Å². The van der Waals surface area contributed by atoms with E-state index in [2.05, 4.69) is 25.1 Å². The van der Waals surface area contributed by atoms with Gasteiger partial charge < -0.3 is 4.90 Å². The summed E-state index contributed by atoms with van der Waals surface area (Å²) in [5.74, 6) is 1.63. The van der Waals surface area contributed by atoms with Crippen molar-refractivity contribution in [1.29, 1.82) is 0 Å². The number of anilines is 1. The van der Waals surface area contributed by atoms with E-state index in [4.69, 9.17) is 0 Å². The number of aromatic nitrogens is 4. The molecule has 0 N–H and O–H groups in total. The lowest BCUT2D eigenvalue weighted by Gasteiger charge is -2.35. The molecule has 6 nitrogen and oxygen atoms in total. The minimum atomic E-state index is -0.108. The van der Waals surface area contributed by atoms with E-state index in [1.54, 1.807) is 10.6 Å². The average Bonchev–Trinajstić information content (AvgIpc) is 3.02. The molecule has 7 heteroatoms. The molecule has 4 rings (SSSR count). The highest BCUT2D eigenvalue weighted by Gasteiger charge is 2.19. The summed E-state index contributed by atoms with van der Waals surface area (Å²) in [5, 5.41) is 12.8. The van der Waals surface area contributed by atoms with E-state index in [-0.39, 0.29) is 5.82 Å². The van der Waals surface area contributed by atoms with Crippen molar-refractivity contribution in [2.24, 2.45) is 0 Å². The van der Waals surface area contributed by atoms with E-state index in [1.807, 2.05) is 31.2 Å². The monoisotopic (exact) mass is 340 g/mol. The first-order valence-corrected chi connectivity index (χ1v) is 8.60. The Bertz CT molecular complexity index is 869. The molecule has 1 aliphatic heterocycles. The van der Waals surface area contributed by atoms with Gasteiger partial charge in [0, 0.05) is 32.7 Å². The van der Waals surface area contributed by atoms with Crippen LogP contribution in [0.3, 0.4) is 0 Å². The summed E-state index contributed by atoms with van der Waals surface area (Å²) in [6, 6.07) is 11.0. The van der Waals surface area contributed by atoms with Crippen LogP contribution in [0.2, 0.25) is 0 Å². The molecule has 0 spiro atoms. The smallest absolute Gasteiger partial charge is 0.178 e. The van der Waals surface area contributed by atoms with Crippen LogP contribution >= 0.6 is 0 Å². The van der Waals surface area contributed by atoms with Gasteiger partial charge in [0.05, 0.1) is 0 Å². The van der Waals surface area contributed by atoms with Crippen LogP contribution in [0.4, 0.5) is 10.2 Å². The molecule has 0 atom stereocenters. The summed E-state index contributed by atoms with van der Waals surface area (Å²) in [6.45, 7) is 6.52. The number of piperazine rings is 1. The summed E-state index contributed by atoms with van der Waals surface area (Å²) < 4.78 is 15.5. The lowest BCUT2D eigenvalue weighted by atomic mass is 10.1. The maximum absolute atomic E-state index is 13.7. The minimum absolute atomic E-state index is 0.108. The summed E-state index contributed by atoms with van der Waals surface area (Å²) in [5.41, 5.74) is 1.56. The van der Waals surface area contributed by atoms with E-state index < -0.39 is 0 Å². The molecule has 1 fully saturated rings. The Kier molecular flexibility index (Phi) is 4.31. The Balaban J connectivity index is 1.36. The molecule has 1 aromatic carbocycles. The highest BCUT2D eigenvalue weighted by molar-refractivity contribution is 5.46. The Hall–Kier alpha value is -2.54. The second-order valence-corrected chi connectivity index (χ2v) is 6.38. The highest BCUT2D eigenvalue weighted by Crippen LogP contribution is 2.15. The summed E-state index contributed by atoms with van der Waals surface area (Å²) >= 11 is 0. The molecule has 0 unspecified atom stereocenters. The SMILES string of the molecule is Cc1nnc2ccc(N3CCN(CCc4ccccc4F)CC3)nn12. The minimum Gasteiger partial charge on any atom is -0.353 e. The summed E-state index contributed by atoms with van der Waals surface area (Å²) in [4.78, 5) is 4.66. The van der Waals surface area contributed by atoms with Gasteiger partial charge in [0.15, 0.2) is 11.5 Å². The van der Waals surface area contributed by atoms with Crippen LogP contribution in [0.1, 0.15) is 11.4 Å². The van der Waals surface area contributed by atoms with E-state index in [0.29, 0.717) is 0 Å². The van der Waals surface area contributed by atoms with Crippen molar-refractivity contribution in [1.82, 2.24) is 24.7 Å². The molecule has 3 aromatic rings. The number of rotatable bonds is 4.